The van der Waals surface area contributed by atoms with E-state index in [0.29, 0.717) is 10.7 Å². The van der Waals surface area contributed by atoms with Crippen LogP contribution in [0.4, 0.5) is 0 Å². The lowest BCUT2D eigenvalue weighted by atomic mass is 9.88. The summed E-state index contributed by atoms with van der Waals surface area (Å²) in [5.41, 5.74) is 2.15. The molecule has 0 saturated carbocycles. The second kappa shape index (κ2) is 5.25. The van der Waals surface area contributed by atoms with Gasteiger partial charge < -0.3 is 5.11 Å². The van der Waals surface area contributed by atoms with Crippen molar-refractivity contribution in [1.29, 1.82) is 0 Å². The van der Waals surface area contributed by atoms with Gasteiger partial charge in [0.25, 0.3) is 0 Å². The van der Waals surface area contributed by atoms with Crippen molar-refractivity contribution in [2.75, 3.05) is 0 Å². The van der Waals surface area contributed by atoms with Gasteiger partial charge in [-0.3, -0.25) is 4.98 Å². The number of carboxylic acids is 1. The Bertz CT molecular complexity index is 643. The fraction of sp³-hybridized carbons (Fsp3) is 0.250. The Hall–Kier alpha value is -1.87. The third-order valence-corrected chi connectivity index (χ3v) is 3.23. The first-order chi connectivity index (χ1) is 9.29. The smallest absolute Gasteiger partial charge is 0.337 e. The number of rotatable bonds is 2. The Kier molecular flexibility index (Phi) is 3.82. The summed E-state index contributed by atoms with van der Waals surface area (Å²) in [4.78, 5) is 15.8. The molecule has 1 heterocycles. The highest BCUT2D eigenvalue weighted by atomic mass is 35.5. The van der Waals surface area contributed by atoms with Crippen LogP contribution in [-0.4, -0.2) is 16.1 Å². The second-order valence-electron chi connectivity index (χ2n) is 5.65. The van der Waals surface area contributed by atoms with Crippen LogP contribution < -0.4 is 0 Å². The first-order valence-corrected chi connectivity index (χ1v) is 6.67. The van der Waals surface area contributed by atoms with Crippen LogP contribution in [0.5, 0.6) is 0 Å². The summed E-state index contributed by atoms with van der Waals surface area (Å²) in [6.45, 7) is 5.86. The molecule has 1 aromatic carbocycles. The molecule has 1 N–H and O–H groups in total. The third kappa shape index (κ3) is 2.99. The van der Waals surface area contributed by atoms with E-state index in [1.54, 1.807) is 24.3 Å². The lowest BCUT2D eigenvalue weighted by Gasteiger charge is -2.21. The van der Waals surface area contributed by atoms with Gasteiger partial charge in [0.1, 0.15) is 0 Å². The van der Waals surface area contributed by atoms with Crippen LogP contribution in [0.1, 0.15) is 36.8 Å². The number of halogens is 1. The zero-order valence-corrected chi connectivity index (χ0v) is 12.4. The molecule has 0 unspecified atom stereocenters. The van der Waals surface area contributed by atoms with Crippen LogP contribution in [0, 0.1) is 0 Å². The second-order valence-corrected chi connectivity index (χ2v) is 6.09. The van der Waals surface area contributed by atoms with Crippen LogP contribution in [0.15, 0.2) is 36.4 Å². The molecule has 0 fully saturated rings. The maximum Gasteiger partial charge on any atom is 0.337 e. The van der Waals surface area contributed by atoms with Crippen molar-refractivity contribution in [1.82, 2.24) is 4.98 Å². The molecule has 0 amide bonds. The van der Waals surface area contributed by atoms with Gasteiger partial charge in [-0.15, -0.1) is 0 Å². The van der Waals surface area contributed by atoms with E-state index in [1.807, 2.05) is 32.9 Å². The van der Waals surface area contributed by atoms with Gasteiger partial charge in [0.05, 0.1) is 17.0 Å². The maximum atomic E-state index is 11.3. The minimum atomic E-state index is -0.954. The summed E-state index contributed by atoms with van der Waals surface area (Å²) in [6, 6.07) is 10.7. The van der Waals surface area contributed by atoms with Gasteiger partial charge in [0.2, 0.25) is 0 Å². The van der Waals surface area contributed by atoms with Crippen molar-refractivity contribution in [2.45, 2.75) is 26.2 Å². The monoisotopic (exact) mass is 289 g/mol. The van der Waals surface area contributed by atoms with Crippen LogP contribution in [-0.2, 0) is 5.41 Å². The normalized spacial score (nSPS) is 11.4. The van der Waals surface area contributed by atoms with Crippen molar-refractivity contribution in [2.24, 2.45) is 0 Å². The van der Waals surface area contributed by atoms with Crippen molar-refractivity contribution >= 4 is 17.6 Å². The van der Waals surface area contributed by atoms with E-state index < -0.39 is 5.97 Å². The molecule has 0 aliphatic rings. The van der Waals surface area contributed by atoms with Crippen molar-refractivity contribution in [3.8, 4) is 11.3 Å². The summed E-state index contributed by atoms with van der Waals surface area (Å²) >= 11 is 5.87. The predicted molar refractivity (Wildman–Crippen MR) is 80.3 cm³/mol. The first-order valence-electron chi connectivity index (χ1n) is 6.30. The van der Waals surface area contributed by atoms with E-state index in [2.05, 4.69) is 4.98 Å². The summed E-state index contributed by atoms with van der Waals surface area (Å²) in [5, 5.41) is 9.93. The quantitative estimate of drug-likeness (QED) is 0.891. The number of aromatic nitrogens is 1. The van der Waals surface area contributed by atoms with Crippen LogP contribution >= 0.6 is 11.6 Å². The lowest BCUT2D eigenvalue weighted by molar-refractivity contribution is 0.0693. The van der Waals surface area contributed by atoms with Gasteiger partial charge in [0, 0.05) is 16.0 Å². The number of nitrogens with zero attached hydrogens (tertiary/aromatic N) is 1. The third-order valence-electron chi connectivity index (χ3n) is 2.98. The highest BCUT2D eigenvalue weighted by Gasteiger charge is 2.23. The van der Waals surface area contributed by atoms with Gasteiger partial charge in [0.15, 0.2) is 0 Å². The van der Waals surface area contributed by atoms with Gasteiger partial charge >= 0.3 is 5.97 Å². The maximum absolute atomic E-state index is 11.3. The number of aromatic carboxylic acids is 1. The van der Waals surface area contributed by atoms with Gasteiger partial charge in [-0.25, -0.2) is 4.79 Å². The molecule has 104 valence electrons. The number of carboxylic acid groups (broad SMARTS) is 1. The largest absolute Gasteiger partial charge is 0.478 e. The van der Waals surface area contributed by atoms with Gasteiger partial charge in [-0.1, -0.05) is 44.5 Å². The Morgan fingerprint density at radius 1 is 1.10 bits per heavy atom. The molecule has 0 aliphatic heterocycles. The molecule has 3 nitrogen and oxygen atoms in total. The molecule has 0 aliphatic carbocycles. The highest BCUT2D eigenvalue weighted by Crippen LogP contribution is 2.28. The fourth-order valence-corrected chi connectivity index (χ4v) is 2.11. The van der Waals surface area contributed by atoms with Crippen molar-refractivity contribution < 1.29 is 9.90 Å². The molecule has 0 radical (unpaired) electrons. The molecular formula is C16H16ClNO2. The molecule has 4 heteroatoms. The Balaban J connectivity index is 2.58. The fourth-order valence-electron chi connectivity index (χ4n) is 1.98. The lowest BCUT2D eigenvalue weighted by Crippen LogP contribution is -2.19. The standard InChI is InChI=1S/C16H16ClNO2/c1-16(2,3)14-12(15(19)20)8-9-13(18-14)10-4-6-11(17)7-5-10/h4-9H,1-3H3,(H,19,20). The van der Waals surface area contributed by atoms with Crippen molar-refractivity contribution in [3.05, 3.63) is 52.7 Å². The number of pyridine rings is 1. The van der Waals surface area contributed by atoms with Gasteiger partial charge in [-0.05, 0) is 24.3 Å². The average Bonchev–Trinajstić information content (AvgIpc) is 2.38. The van der Waals surface area contributed by atoms with Crippen LogP contribution in [0.2, 0.25) is 5.02 Å². The predicted octanol–water partition coefficient (Wildman–Crippen LogP) is 4.40. The van der Waals surface area contributed by atoms with E-state index in [0.717, 1.165) is 11.3 Å². The molecule has 2 aromatic rings. The molecule has 20 heavy (non-hydrogen) atoms. The molecule has 2 rings (SSSR count). The zero-order chi connectivity index (χ0) is 14.9. The van der Waals surface area contributed by atoms with E-state index in [4.69, 9.17) is 11.6 Å². The van der Waals surface area contributed by atoms with E-state index in [9.17, 15) is 9.90 Å². The number of carbonyl (C=O) groups is 1. The minimum absolute atomic E-state index is 0.246. The molecule has 0 saturated heterocycles. The summed E-state index contributed by atoms with van der Waals surface area (Å²) in [7, 11) is 0. The molecule has 0 bridgehead atoms. The highest BCUT2D eigenvalue weighted by molar-refractivity contribution is 6.30. The average molecular weight is 290 g/mol. The number of benzene rings is 1. The summed E-state index contributed by atoms with van der Waals surface area (Å²) in [5.74, 6) is -0.954. The summed E-state index contributed by atoms with van der Waals surface area (Å²) < 4.78 is 0. The summed E-state index contributed by atoms with van der Waals surface area (Å²) in [6.07, 6.45) is 0. The molecule has 0 atom stereocenters. The Labute approximate surface area is 123 Å². The van der Waals surface area contributed by atoms with Crippen LogP contribution in [0.3, 0.4) is 0 Å². The molecule has 0 spiro atoms. The Morgan fingerprint density at radius 2 is 1.70 bits per heavy atom. The first kappa shape index (κ1) is 14.5. The van der Waals surface area contributed by atoms with Crippen molar-refractivity contribution in [3.63, 3.8) is 0 Å². The topological polar surface area (TPSA) is 50.2 Å². The van der Waals surface area contributed by atoms with Gasteiger partial charge in [-0.2, -0.15) is 0 Å². The Morgan fingerprint density at radius 3 is 2.20 bits per heavy atom. The minimum Gasteiger partial charge on any atom is -0.478 e. The number of hydrogen-bond acceptors (Lipinski definition) is 2. The van der Waals surface area contributed by atoms with E-state index in [1.165, 1.54) is 0 Å². The van der Waals surface area contributed by atoms with E-state index in [-0.39, 0.29) is 11.0 Å². The molecular weight excluding hydrogens is 274 g/mol. The SMILES string of the molecule is CC(C)(C)c1nc(-c2ccc(Cl)cc2)ccc1C(=O)O. The van der Waals surface area contributed by atoms with Crippen LogP contribution in [0.25, 0.3) is 11.3 Å². The zero-order valence-electron chi connectivity index (χ0n) is 11.6. The number of hydrogen-bond donors (Lipinski definition) is 1. The molecule has 1 aromatic heterocycles. The van der Waals surface area contributed by atoms with E-state index >= 15 is 0 Å².